The van der Waals surface area contributed by atoms with E-state index in [1.165, 1.54) is 11.3 Å². The van der Waals surface area contributed by atoms with Crippen LogP contribution < -0.4 is 11.1 Å². The van der Waals surface area contributed by atoms with Gasteiger partial charge in [0.05, 0.1) is 17.1 Å². The molecule has 0 unspecified atom stereocenters. The fourth-order valence-corrected chi connectivity index (χ4v) is 3.31. The Bertz CT molecular complexity index is 708. The molecule has 0 fully saturated rings. The summed E-state index contributed by atoms with van der Waals surface area (Å²) < 4.78 is 0. The highest BCUT2D eigenvalue weighted by Crippen LogP contribution is 2.41. The number of nitrogens with zero attached hydrogens (tertiary/aromatic N) is 1. The third-order valence-corrected chi connectivity index (χ3v) is 4.55. The molecular weight excluding hydrogens is 282 g/mol. The topological polar surface area (TPSA) is 68.0 Å². The van der Waals surface area contributed by atoms with Gasteiger partial charge in [-0.05, 0) is 31.0 Å². The van der Waals surface area contributed by atoms with Crippen molar-refractivity contribution in [2.45, 2.75) is 20.3 Å². The van der Waals surface area contributed by atoms with Crippen molar-refractivity contribution in [1.29, 1.82) is 0 Å². The van der Waals surface area contributed by atoms with E-state index in [2.05, 4.69) is 10.3 Å². The number of hydrogen-bond donors (Lipinski definition) is 2. The predicted molar refractivity (Wildman–Crippen MR) is 78.8 cm³/mol. The molecule has 0 saturated heterocycles. The number of amides is 1. The van der Waals surface area contributed by atoms with Crippen molar-refractivity contribution in [2.24, 2.45) is 0 Å². The highest BCUT2D eigenvalue weighted by molar-refractivity contribution is 7.15. The first-order valence-corrected chi connectivity index (χ1v) is 7.02. The maximum Gasteiger partial charge on any atom is 0.228 e. The Morgan fingerprint density at radius 1 is 1.47 bits per heavy atom. The summed E-state index contributed by atoms with van der Waals surface area (Å²) in [6, 6.07) is 1.93. The molecule has 3 rings (SSSR count). The number of anilines is 2. The molecule has 0 bridgehead atoms. The van der Waals surface area contributed by atoms with E-state index in [1.807, 2.05) is 19.9 Å². The maximum atomic E-state index is 11.5. The van der Waals surface area contributed by atoms with Gasteiger partial charge >= 0.3 is 0 Å². The number of benzene rings is 1. The zero-order valence-electron chi connectivity index (χ0n) is 10.5. The van der Waals surface area contributed by atoms with Gasteiger partial charge in [-0.25, -0.2) is 4.98 Å². The zero-order valence-corrected chi connectivity index (χ0v) is 12.1. The second kappa shape index (κ2) is 4.21. The Balaban J connectivity index is 2.24. The van der Waals surface area contributed by atoms with Gasteiger partial charge in [-0.1, -0.05) is 11.6 Å². The summed E-state index contributed by atoms with van der Waals surface area (Å²) in [5.41, 5.74) is 10.1. The maximum absolute atomic E-state index is 11.5. The van der Waals surface area contributed by atoms with Crippen molar-refractivity contribution in [3.8, 4) is 11.3 Å². The number of aryl methyl sites for hydroxylation is 1. The molecule has 1 aliphatic rings. The Hall–Kier alpha value is -1.59. The van der Waals surface area contributed by atoms with Crippen LogP contribution in [0.4, 0.5) is 10.8 Å². The second-order valence-corrected chi connectivity index (χ2v) is 6.19. The van der Waals surface area contributed by atoms with Crippen molar-refractivity contribution in [3.05, 3.63) is 27.1 Å². The van der Waals surface area contributed by atoms with Gasteiger partial charge in [-0.2, -0.15) is 0 Å². The molecule has 2 heterocycles. The normalized spacial score (nSPS) is 13.5. The highest BCUT2D eigenvalue weighted by atomic mass is 35.5. The lowest BCUT2D eigenvalue weighted by Crippen LogP contribution is -2.04. The third kappa shape index (κ3) is 1.89. The van der Waals surface area contributed by atoms with Crippen LogP contribution in [0.3, 0.4) is 0 Å². The molecule has 1 aromatic heterocycles. The minimum absolute atomic E-state index is 0.000769. The minimum atomic E-state index is 0.000769. The molecule has 4 nitrogen and oxygen atoms in total. The van der Waals surface area contributed by atoms with Gasteiger partial charge in [-0.15, -0.1) is 11.3 Å². The van der Waals surface area contributed by atoms with Crippen LogP contribution in [-0.2, 0) is 11.2 Å². The Morgan fingerprint density at radius 3 is 2.84 bits per heavy atom. The van der Waals surface area contributed by atoms with Crippen LogP contribution in [0.2, 0.25) is 5.02 Å². The summed E-state index contributed by atoms with van der Waals surface area (Å²) in [4.78, 5) is 16.9. The lowest BCUT2D eigenvalue weighted by molar-refractivity contribution is -0.115. The SMILES string of the molecule is Cc1sc(N)nc1-c1cc2c(c(C)c1Cl)NC(=O)C2. The number of carbonyl (C=O) groups is 1. The number of carbonyl (C=O) groups excluding carboxylic acids is 1. The summed E-state index contributed by atoms with van der Waals surface area (Å²) in [5.74, 6) is 0.000769. The Labute approximate surface area is 119 Å². The number of hydrogen-bond acceptors (Lipinski definition) is 4. The molecular formula is C13H12ClN3OS. The number of halogens is 1. The lowest BCUT2D eigenvalue weighted by Gasteiger charge is -2.11. The van der Waals surface area contributed by atoms with E-state index in [0.29, 0.717) is 16.6 Å². The van der Waals surface area contributed by atoms with Gasteiger partial charge in [0.2, 0.25) is 5.91 Å². The van der Waals surface area contributed by atoms with Crippen LogP contribution in [0.25, 0.3) is 11.3 Å². The van der Waals surface area contributed by atoms with Crippen LogP contribution in [0, 0.1) is 13.8 Å². The second-order valence-electron chi connectivity index (χ2n) is 4.58. The third-order valence-electron chi connectivity index (χ3n) is 3.26. The molecule has 2 aromatic rings. The average molecular weight is 294 g/mol. The number of aromatic nitrogens is 1. The first-order chi connectivity index (χ1) is 8.97. The smallest absolute Gasteiger partial charge is 0.228 e. The van der Waals surface area contributed by atoms with Crippen molar-refractivity contribution in [3.63, 3.8) is 0 Å². The van der Waals surface area contributed by atoms with Gasteiger partial charge in [0.1, 0.15) is 0 Å². The number of nitrogen functional groups attached to an aromatic ring is 1. The van der Waals surface area contributed by atoms with Crippen molar-refractivity contribution >= 4 is 39.7 Å². The van der Waals surface area contributed by atoms with Crippen LogP contribution in [0.15, 0.2) is 6.07 Å². The van der Waals surface area contributed by atoms with E-state index < -0.39 is 0 Å². The summed E-state index contributed by atoms with van der Waals surface area (Å²) in [5, 5.41) is 3.98. The monoisotopic (exact) mass is 293 g/mol. The standard InChI is InChI=1S/C13H12ClN3OS/c1-5-10(14)8(12-6(2)19-13(15)17-12)3-7-4-9(18)16-11(5)7/h3H,4H2,1-2H3,(H2,15,17)(H,16,18). The van der Waals surface area contributed by atoms with E-state index in [1.54, 1.807) is 0 Å². The number of fused-ring (bicyclic) bond motifs is 1. The molecule has 98 valence electrons. The molecule has 0 spiro atoms. The Morgan fingerprint density at radius 2 is 2.21 bits per heavy atom. The molecule has 6 heteroatoms. The van der Waals surface area contributed by atoms with E-state index >= 15 is 0 Å². The van der Waals surface area contributed by atoms with Crippen LogP contribution in [0.5, 0.6) is 0 Å². The molecule has 0 aliphatic carbocycles. The van der Waals surface area contributed by atoms with Gasteiger partial charge in [-0.3, -0.25) is 4.79 Å². The van der Waals surface area contributed by atoms with E-state index in [0.717, 1.165) is 32.9 Å². The largest absolute Gasteiger partial charge is 0.375 e. The molecule has 0 atom stereocenters. The summed E-state index contributed by atoms with van der Waals surface area (Å²) in [6.07, 6.45) is 0.388. The first kappa shape index (κ1) is 12.4. The predicted octanol–water partition coefficient (Wildman–Crippen LogP) is 3.16. The van der Waals surface area contributed by atoms with Crippen LogP contribution >= 0.6 is 22.9 Å². The molecule has 1 aromatic carbocycles. The minimum Gasteiger partial charge on any atom is -0.375 e. The number of thiazole rings is 1. The van der Waals surface area contributed by atoms with E-state index in [9.17, 15) is 4.79 Å². The highest BCUT2D eigenvalue weighted by Gasteiger charge is 2.24. The van der Waals surface area contributed by atoms with Gasteiger partial charge < -0.3 is 11.1 Å². The fourth-order valence-electron chi connectivity index (χ4n) is 2.37. The molecule has 1 amide bonds. The lowest BCUT2D eigenvalue weighted by atomic mass is 10.0. The van der Waals surface area contributed by atoms with Crippen LogP contribution in [0.1, 0.15) is 16.0 Å². The molecule has 3 N–H and O–H groups in total. The van der Waals surface area contributed by atoms with Gasteiger partial charge in [0.25, 0.3) is 0 Å². The summed E-state index contributed by atoms with van der Waals surface area (Å²) in [7, 11) is 0. The average Bonchev–Trinajstić information content (AvgIpc) is 2.86. The number of nitrogens with one attached hydrogen (secondary N) is 1. The first-order valence-electron chi connectivity index (χ1n) is 5.82. The quantitative estimate of drug-likeness (QED) is 0.848. The van der Waals surface area contributed by atoms with Gasteiger partial charge in [0.15, 0.2) is 5.13 Å². The molecule has 1 aliphatic heterocycles. The number of nitrogens with two attached hydrogens (primary N) is 1. The van der Waals surface area contributed by atoms with Gasteiger partial charge in [0, 0.05) is 16.1 Å². The van der Waals surface area contributed by atoms with Crippen LogP contribution in [-0.4, -0.2) is 10.9 Å². The molecule has 0 radical (unpaired) electrons. The summed E-state index contributed by atoms with van der Waals surface area (Å²) in [6.45, 7) is 3.87. The van der Waals surface area contributed by atoms with E-state index in [4.69, 9.17) is 17.3 Å². The summed E-state index contributed by atoms with van der Waals surface area (Å²) >= 11 is 7.85. The van der Waals surface area contributed by atoms with Crippen molar-refractivity contribution in [1.82, 2.24) is 4.98 Å². The van der Waals surface area contributed by atoms with E-state index in [-0.39, 0.29) is 5.91 Å². The van der Waals surface area contributed by atoms with Crippen molar-refractivity contribution < 1.29 is 4.79 Å². The molecule has 0 saturated carbocycles. The fraction of sp³-hybridized carbons (Fsp3) is 0.231. The molecule has 19 heavy (non-hydrogen) atoms. The van der Waals surface area contributed by atoms with Crippen molar-refractivity contribution in [2.75, 3.05) is 11.1 Å². The zero-order chi connectivity index (χ0) is 13.7. The Kier molecular flexibility index (Phi) is 2.76. The number of rotatable bonds is 1.